The maximum Gasteiger partial charge on any atom is 0.307 e. The van der Waals surface area contributed by atoms with E-state index >= 15 is 0 Å². The van der Waals surface area contributed by atoms with Crippen molar-refractivity contribution in [1.82, 2.24) is 9.78 Å². The molecule has 1 heterocycles. The van der Waals surface area contributed by atoms with E-state index in [1.165, 1.54) is 17.1 Å². The zero-order chi connectivity index (χ0) is 12.3. The third kappa shape index (κ3) is 2.41. The number of para-hydroxylation sites is 1. The number of rotatable bonds is 4. The van der Waals surface area contributed by atoms with Crippen molar-refractivity contribution in [3.8, 4) is 5.75 Å². The van der Waals surface area contributed by atoms with Gasteiger partial charge in [-0.1, -0.05) is 18.2 Å². The number of hydrogen-bond donors (Lipinski definition) is 0. The number of nitrogens with zero attached hydrogens (tertiary/aromatic N) is 3. The Morgan fingerprint density at radius 2 is 2.24 bits per heavy atom. The molecule has 0 radical (unpaired) electrons. The van der Waals surface area contributed by atoms with Crippen LogP contribution in [0, 0.1) is 10.1 Å². The van der Waals surface area contributed by atoms with Crippen LogP contribution in [-0.2, 0) is 6.54 Å². The second-order valence-electron chi connectivity index (χ2n) is 3.47. The molecule has 0 spiro atoms. The van der Waals surface area contributed by atoms with Crippen LogP contribution in [0.25, 0.3) is 0 Å². The van der Waals surface area contributed by atoms with Gasteiger partial charge >= 0.3 is 5.69 Å². The van der Waals surface area contributed by atoms with Gasteiger partial charge in [0.1, 0.15) is 18.1 Å². The van der Waals surface area contributed by atoms with Crippen LogP contribution in [0.5, 0.6) is 5.75 Å². The van der Waals surface area contributed by atoms with Crippen molar-refractivity contribution in [3.63, 3.8) is 0 Å². The third-order valence-corrected chi connectivity index (χ3v) is 2.36. The second kappa shape index (κ2) is 4.65. The SMILES string of the molecule is COc1ccccc1Cn1cc([N+](=O)[O-])cn1. The van der Waals surface area contributed by atoms with Gasteiger partial charge in [0.25, 0.3) is 0 Å². The molecule has 2 aromatic rings. The van der Waals surface area contributed by atoms with Crippen LogP contribution in [0.15, 0.2) is 36.7 Å². The van der Waals surface area contributed by atoms with E-state index in [0.717, 1.165) is 11.3 Å². The largest absolute Gasteiger partial charge is 0.496 e. The Morgan fingerprint density at radius 1 is 1.47 bits per heavy atom. The minimum absolute atomic E-state index is 0.0140. The van der Waals surface area contributed by atoms with Crippen molar-refractivity contribution in [3.05, 3.63) is 52.3 Å². The van der Waals surface area contributed by atoms with Crippen molar-refractivity contribution in [2.75, 3.05) is 7.11 Å². The Kier molecular flexibility index (Phi) is 3.04. The molecule has 1 aromatic carbocycles. The lowest BCUT2D eigenvalue weighted by molar-refractivity contribution is -0.385. The summed E-state index contributed by atoms with van der Waals surface area (Å²) in [6.45, 7) is 0.442. The van der Waals surface area contributed by atoms with Crippen molar-refractivity contribution in [2.24, 2.45) is 0 Å². The van der Waals surface area contributed by atoms with Crippen LogP contribution in [0.3, 0.4) is 0 Å². The highest BCUT2D eigenvalue weighted by Crippen LogP contribution is 2.19. The van der Waals surface area contributed by atoms with Crippen LogP contribution >= 0.6 is 0 Å². The highest BCUT2D eigenvalue weighted by molar-refractivity contribution is 5.33. The predicted octanol–water partition coefficient (Wildman–Crippen LogP) is 1.85. The lowest BCUT2D eigenvalue weighted by Gasteiger charge is -2.07. The first kappa shape index (κ1) is 11.1. The third-order valence-electron chi connectivity index (χ3n) is 2.36. The highest BCUT2D eigenvalue weighted by Gasteiger charge is 2.10. The smallest absolute Gasteiger partial charge is 0.307 e. The predicted molar refractivity (Wildman–Crippen MR) is 61.0 cm³/mol. The molecule has 0 atom stereocenters. The molecule has 1 aromatic heterocycles. The Morgan fingerprint density at radius 3 is 2.88 bits per heavy atom. The van der Waals surface area contributed by atoms with Crippen molar-refractivity contribution in [1.29, 1.82) is 0 Å². The van der Waals surface area contributed by atoms with E-state index in [1.54, 1.807) is 7.11 Å². The molecular weight excluding hydrogens is 222 g/mol. The van der Waals surface area contributed by atoms with Gasteiger partial charge in [-0.25, -0.2) is 0 Å². The summed E-state index contributed by atoms with van der Waals surface area (Å²) in [7, 11) is 1.59. The molecule has 17 heavy (non-hydrogen) atoms. The van der Waals surface area contributed by atoms with Gasteiger partial charge in [-0.3, -0.25) is 14.8 Å². The molecule has 0 aliphatic rings. The lowest BCUT2D eigenvalue weighted by Crippen LogP contribution is -2.01. The number of benzene rings is 1. The van der Waals surface area contributed by atoms with Gasteiger partial charge in [-0.2, -0.15) is 5.10 Å². The molecule has 0 aliphatic carbocycles. The van der Waals surface area contributed by atoms with Crippen LogP contribution in [-0.4, -0.2) is 21.8 Å². The average molecular weight is 233 g/mol. The van der Waals surface area contributed by atoms with Crippen LogP contribution < -0.4 is 4.74 Å². The summed E-state index contributed by atoms with van der Waals surface area (Å²) in [6.07, 6.45) is 2.63. The number of ether oxygens (including phenoxy) is 1. The number of methoxy groups -OCH3 is 1. The molecular formula is C11H11N3O3. The Balaban J connectivity index is 2.22. The minimum atomic E-state index is -0.467. The Labute approximate surface area is 97.6 Å². The van der Waals surface area contributed by atoms with Gasteiger partial charge in [0, 0.05) is 5.56 Å². The molecule has 0 saturated heterocycles. The van der Waals surface area contributed by atoms with Crippen molar-refractivity contribution in [2.45, 2.75) is 6.54 Å². The van der Waals surface area contributed by atoms with Gasteiger partial charge in [0.2, 0.25) is 0 Å². The van der Waals surface area contributed by atoms with Gasteiger partial charge in [0.15, 0.2) is 0 Å². The van der Waals surface area contributed by atoms with Crippen LogP contribution in [0.4, 0.5) is 5.69 Å². The monoisotopic (exact) mass is 233 g/mol. The summed E-state index contributed by atoms with van der Waals surface area (Å²) in [5.41, 5.74) is 0.910. The summed E-state index contributed by atoms with van der Waals surface area (Å²) in [5, 5.41) is 14.4. The highest BCUT2D eigenvalue weighted by atomic mass is 16.6. The van der Waals surface area contributed by atoms with Crippen LogP contribution in [0.2, 0.25) is 0 Å². The van der Waals surface area contributed by atoms with E-state index in [4.69, 9.17) is 4.74 Å². The first-order valence-electron chi connectivity index (χ1n) is 4.99. The molecule has 0 bridgehead atoms. The standard InChI is InChI=1S/C11H11N3O3/c1-17-11-5-3-2-4-9(11)7-13-8-10(6-12-13)14(15)16/h2-6,8H,7H2,1H3. The molecule has 0 unspecified atom stereocenters. The zero-order valence-corrected chi connectivity index (χ0v) is 9.24. The summed E-state index contributed by atoms with van der Waals surface area (Å²) in [6, 6.07) is 7.49. The quantitative estimate of drug-likeness (QED) is 0.596. The molecule has 88 valence electrons. The fourth-order valence-corrected chi connectivity index (χ4v) is 1.54. The molecule has 0 amide bonds. The average Bonchev–Trinajstić information content (AvgIpc) is 2.78. The fraction of sp³-hybridized carbons (Fsp3) is 0.182. The minimum Gasteiger partial charge on any atom is -0.496 e. The van der Waals surface area contributed by atoms with E-state index in [1.807, 2.05) is 24.3 Å². The molecule has 6 heteroatoms. The van der Waals surface area contributed by atoms with E-state index in [-0.39, 0.29) is 5.69 Å². The van der Waals surface area contributed by atoms with E-state index in [2.05, 4.69) is 5.10 Å². The normalized spacial score (nSPS) is 10.2. The summed E-state index contributed by atoms with van der Waals surface area (Å²) >= 11 is 0. The zero-order valence-electron chi connectivity index (χ0n) is 9.24. The molecule has 6 nitrogen and oxygen atoms in total. The van der Waals surface area contributed by atoms with Crippen molar-refractivity contribution >= 4 is 5.69 Å². The molecule has 0 aliphatic heterocycles. The fourth-order valence-electron chi connectivity index (χ4n) is 1.54. The Hall–Kier alpha value is -2.37. The first-order valence-corrected chi connectivity index (χ1v) is 4.99. The van der Waals surface area contributed by atoms with Gasteiger partial charge in [0.05, 0.1) is 18.6 Å². The number of hydrogen-bond acceptors (Lipinski definition) is 4. The first-order chi connectivity index (χ1) is 8.20. The molecule has 0 saturated carbocycles. The maximum atomic E-state index is 10.5. The van der Waals surface area contributed by atoms with Gasteiger partial charge < -0.3 is 4.74 Å². The maximum absolute atomic E-state index is 10.5. The van der Waals surface area contributed by atoms with E-state index in [9.17, 15) is 10.1 Å². The number of aromatic nitrogens is 2. The Bertz CT molecular complexity index is 536. The topological polar surface area (TPSA) is 70.2 Å². The second-order valence-corrected chi connectivity index (χ2v) is 3.47. The summed E-state index contributed by atoms with van der Waals surface area (Å²) in [5.74, 6) is 0.741. The van der Waals surface area contributed by atoms with Crippen molar-refractivity contribution < 1.29 is 9.66 Å². The number of nitro groups is 1. The van der Waals surface area contributed by atoms with E-state index < -0.39 is 4.92 Å². The molecule has 2 rings (SSSR count). The molecule has 0 fully saturated rings. The summed E-state index contributed by atoms with van der Waals surface area (Å²) in [4.78, 5) is 10.1. The molecule has 0 N–H and O–H groups in total. The van der Waals surface area contributed by atoms with Gasteiger partial charge in [-0.15, -0.1) is 0 Å². The van der Waals surface area contributed by atoms with Gasteiger partial charge in [-0.05, 0) is 6.07 Å². The van der Waals surface area contributed by atoms with Crippen LogP contribution in [0.1, 0.15) is 5.56 Å². The van der Waals surface area contributed by atoms with E-state index in [0.29, 0.717) is 6.54 Å². The summed E-state index contributed by atoms with van der Waals surface area (Å²) < 4.78 is 6.71. The lowest BCUT2D eigenvalue weighted by atomic mass is 10.2.